The molecule has 0 saturated carbocycles. The molecule has 0 saturated heterocycles. The summed E-state index contributed by atoms with van der Waals surface area (Å²) in [5.74, 6) is 0.873. The summed E-state index contributed by atoms with van der Waals surface area (Å²) in [5, 5.41) is 11.1. The highest BCUT2D eigenvalue weighted by atomic mass is 16.6. The maximum atomic E-state index is 11.9. The maximum absolute atomic E-state index is 11.9. The predicted octanol–water partition coefficient (Wildman–Crippen LogP) is 0.854. The Balaban J connectivity index is 2.09. The maximum Gasteiger partial charge on any atom is 0.414 e. The van der Waals surface area contributed by atoms with Gasteiger partial charge in [0.15, 0.2) is 5.82 Å². The molecule has 23 heavy (non-hydrogen) atoms. The largest absolute Gasteiger partial charge is 0.414 e. The van der Waals surface area contributed by atoms with Crippen LogP contribution in [0.4, 0.5) is 9.59 Å². The van der Waals surface area contributed by atoms with E-state index in [1.165, 1.54) is 9.80 Å². The second-order valence-electron chi connectivity index (χ2n) is 5.27. The molecular formula is C14H18N6O3. The van der Waals surface area contributed by atoms with Crippen molar-refractivity contribution in [3.05, 3.63) is 35.7 Å². The van der Waals surface area contributed by atoms with Gasteiger partial charge in [-0.15, -0.1) is 9.78 Å². The fourth-order valence-electron chi connectivity index (χ4n) is 1.70. The molecular weight excluding hydrogens is 300 g/mol. The molecule has 0 N–H and O–H groups in total. The first-order valence-electron chi connectivity index (χ1n) is 6.85. The molecule has 1 aromatic carbocycles. The number of rotatable bonds is 3. The molecule has 1 heterocycles. The van der Waals surface area contributed by atoms with Gasteiger partial charge >= 0.3 is 12.1 Å². The summed E-state index contributed by atoms with van der Waals surface area (Å²) >= 11 is 0. The summed E-state index contributed by atoms with van der Waals surface area (Å²) in [4.78, 5) is 26.1. The third kappa shape index (κ3) is 4.02. The normalized spacial score (nSPS) is 10.3. The van der Waals surface area contributed by atoms with Crippen molar-refractivity contribution in [1.82, 2.24) is 30.0 Å². The Labute approximate surface area is 133 Å². The Morgan fingerprint density at radius 1 is 1.09 bits per heavy atom. The predicted molar refractivity (Wildman–Crippen MR) is 81.3 cm³/mol. The van der Waals surface area contributed by atoms with Gasteiger partial charge in [0.05, 0.1) is 0 Å². The zero-order valence-electron chi connectivity index (χ0n) is 13.4. The van der Waals surface area contributed by atoms with E-state index in [4.69, 9.17) is 4.74 Å². The molecule has 9 heteroatoms. The van der Waals surface area contributed by atoms with Crippen LogP contribution in [0, 0.1) is 0 Å². The lowest BCUT2D eigenvalue weighted by atomic mass is 10.1. The van der Waals surface area contributed by atoms with Gasteiger partial charge in [0, 0.05) is 34.6 Å². The van der Waals surface area contributed by atoms with Crippen LogP contribution in [0.5, 0.6) is 5.75 Å². The first-order valence-corrected chi connectivity index (χ1v) is 6.85. The summed E-state index contributed by atoms with van der Waals surface area (Å²) in [6.07, 6.45) is -0.0626. The second kappa shape index (κ2) is 6.86. The topological polar surface area (TPSA) is 93.5 Å². The van der Waals surface area contributed by atoms with Crippen LogP contribution < -0.4 is 4.74 Å². The summed E-state index contributed by atoms with van der Waals surface area (Å²) in [7, 11) is 6.47. The van der Waals surface area contributed by atoms with Gasteiger partial charge < -0.3 is 14.5 Å². The Morgan fingerprint density at radius 3 is 2.30 bits per heavy atom. The Kier molecular flexibility index (Phi) is 4.89. The summed E-state index contributed by atoms with van der Waals surface area (Å²) < 4.78 is 6.29. The lowest BCUT2D eigenvalue weighted by Gasteiger charge is -2.11. The molecule has 122 valence electrons. The van der Waals surface area contributed by atoms with Crippen LogP contribution in [0.15, 0.2) is 24.3 Å². The van der Waals surface area contributed by atoms with Crippen molar-refractivity contribution in [1.29, 1.82) is 0 Å². The van der Waals surface area contributed by atoms with Crippen LogP contribution in [-0.2, 0) is 6.42 Å². The number of carbonyl (C=O) groups is 2. The molecule has 0 radical (unpaired) electrons. The minimum Gasteiger partial charge on any atom is -0.410 e. The van der Waals surface area contributed by atoms with Crippen LogP contribution >= 0.6 is 0 Å². The van der Waals surface area contributed by atoms with E-state index in [-0.39, 0.29) is 6.03 Å². The standard InChI is InChI=1S/C14H18N6O3/c1-18(2)13(21)20-12(15-16-17-20)9-10-5-7-11(8-6-10)23-14(22)19(3)4/h5-8H,9H2,1-4H3. The number of hydrogen-bond acceptors (Lipinski definition) is 6. The quantitative estimate of drug-likeness (QED) is 0.779. The lowest BCUT2D eigenvalue weighted by molar-refractivity contribution is 0.172. The van der Waals surface area contributed by atoms with E-state index in [9.17, 15) is 9.59 Å². The number of aromatic nitrogens is 4. The fraction of sp³-hybridized carbons (Fsp3) is 0.357. The number of hydrogen-bond donors (Lipinski definition) is 0. The SMILES string of the molecule is CN(C)C(=O)Oc1ccc(Cc2nnnn2C(=O)N(C)C)cc1. The minimum atomic E-state index is -0.446. The lowest BCUT2D eigenvalue weighted by Crippen LogP contribution is -2.29. The van der Waals surface area contributed by atoms with E-state index in [1.54, 1.807) is 52.5 Å². The van der Waals surface area contributed by atoms with E-state index < -0.39 is 6.09 Å². The van der Waals surface area contributed by atoms with E-state index in [0.29, 0.717) is 18.0 Å². The smallest absolute Gasteiger partial charge is 0.410 e. The van der Waals surface area contributed by atoms with Gasteiger partial charge in [-0.1, -0.05) is 12.1 Å². The van der Waals surface area contributed by atoms with Crippen molar-refractivity contribution < 1.29 is 14.3 Å². The van der Waals surface area contributed by atoms with Gasteiger partial charge in [-0.25, -0.2) is 9.59 Å². The number of tetrazole rings is 1. The number of amides is 2. The third-order valence-electron chi connectivity index (χ3n) is 2.95. The highest BCUT2D eigenvalue weighted by Crippen LogP contribution is 2.15. The zero-order valence-corrected chi connectivity index (χ0v) is 13.4. The minimum absolute atomic E-state index is 0.318. The first-order chi connectivity index (χ1) is 10.9. The van der Waals surface area contributed by atoms with Crippen molar-refractivity contribution in [2.45, 2.75) is 6.42 Å². The highest BCUT2D eigenvalue weighted by Gasteiger charge is 2.16. The Bertz CT molecular complexity index is 693. The average Bonchev–Trinajstić information content (AvgIpc) is 2.96. The van der Waals surface area contributed by atoms with E-state index in [2.05, 4.69) is 15.5 Å². The third-order valence-corrected chi connectivity index (χ3v) is 2.95. The van der Waals surface area contributed by atoms with Crippen molar-refractivity contribution in [3.8, 4) is 5.75 Å². The van der Waals surface area contributed by atoms with E-state index in [1.807, 2.05) is 0 Å². The Hall–Kier alpha value is -2.97. The summed E-state index contributed by atoms with van der Waals surface area (Å²) in [5.41, 5.74) is 0.886. The van der Waals surface area contributed by atoms with Crippen LogP contribution in [0.1, 0.15) is 11.4 Å². The van der Waals surface area contributed by atoms with Gasteiger partial charge in [-0.2, -0.15) is 0 Å². The van der Waals surface area contributed by atoms with Gasteiger partial charge in [0.2, 0.25) is 0 Å². The average molecular weight is 318 g/mol. The van der Waals surface area contributed by atoms with Crippen LogP contribution in [0.25, 0.3) is 0 Å². The molecule has 0 fully saturated rings. The number of ether oxygens (including phenoxy) is 1. The number of benzene rings is 1. The van der Waals surface area contributed by atoms with Crippen LogP contribution in [0.2, 0.25) is 0 Å². The molecule has 2 amide bonds. The molecule has 0 unspecified atom stereocenters. The van der Waals surface area contributed by atoms with Gasteiger partial charge in [0.1, 0.15) is 5.75 Å². The zero-order chi connectivity index (χ0) is 17.0. The van der Waals surface area contributed by atoms with Crippen molar-refractivity contribution in [2.24, 2.45) is 0 Å². The molecule has 0 aliphatic rings. The molecule has 0 aliphatic heterocycles. The monoisotopic (exact) mass is 318 g/mol. The van der Waals surface area contributed by atoms with Crippen LogP contribution in [0.3, 0.4) is 0 Å². The molecule has 0 aliphatic carbocycles. The highest BCUT2D eigenvalue weighted by molar-refractivity contribution is 5.75. The molecule has 0 bridgehead atoms. The second-order valence-corrected chi connectivity index (χ2v) is 5.27. The molecule has 1 aromatic heterocycles. The van der Waals surface area contributed by atoms with Gasteiger partial charge in [-0.05, 0) is 28.1 Å². The van der Waals surface area contributed by atoms with Gasteiger partial charge in [-0.3, -0.25) is 0 Å². The van der Waals surface area contributed by atoms with Crippen molar-refractivity contribution >= 4 is 12.1 Å². The molecule has 0 atom stereocenters. The van der Waals surface area contributed by atoms with Crippen LogP contribution in [-0.4, -0.2) is 70.3 Å². The first kappa shape index (κ1) is 16.4. The van der Waals surface area contributed by atoms with Crippen molar-refractivity contribution in [3.63, 3.8) is 0 Å². The molecule has 2 rings (SSSR count). The van der Waals surface area contributed by atoms with E-state index in [0.717, 1.165) is 10.2 Å². The van der Waals surface area contributed by atoms with E-state index >= 15 is 0 Å². The molecule has 0 spiro atoms. The fourth-order valence-corrected chi connectivity index (χ4v) is 1.70. The number of nitrogens with zero attached hydrogens (tertiary/aromatic N) is 6. The molecule has 9 nitrogen and oxygen atoms in total. The Morgan fingerprint density at radius 2 is 1.74 bits per heavy atom. The summed E-state index contributed by atoms with van der Waals surface area (Å²) in [6, 6.07) is 6.62. The number of carbonyl (C=O) groups excluding carboxylic acids is 2. The van der Waals surface area contributed by atoms with Gasteiger partial charge in [0.25, 0.3) is 0 Å². The van der Waals surface area contributed by atoms with Crippen molar-refractivity contribution in [2.75, 3.05) is 28.2 Å². The summed E-state index contributed by atoms with van der Waals surface area (Å²) in [6.45, 7) is 0. The molecule has 2 aromatic rings.